The van der Waals surface area contributed by atoms with Gasteiger partial charge in [-0.3, -0.25) is 14.7 Å². The lowest BCUT2D eigenvalue weighted by molar-refractivity contribution is -0.126. The number of imidazole rings is 1. The van der Waals surface area contributed by atoms with Crippen molar-refractivity contribution in [3.63, 3.8) is 0 Å². The van der Waals surface area contributed by atoms with Crippen LogP contribution in [0.3, 0.4) is 0 Å². The van der Waals surface area contributed by atoms with E-state index in [9.17, 15) is 9.18 Å². The lowest BCUT2D eigenvalue weighted by atomic mass is 9.72. The van der Waals surface area contributed by atoms with Gasteiger partial charge >= 0.3 is 0 Å². The zero-order valence-electron chi connectivity index (χ0n) is 31.8. The Morgan fingerprint density at radius 2 is 1.81 bits per heavy atom. The number of anilines is 3. The zero-order chi connectivity index (χ0) is 36.6. The van der Waals surface area contributed by atoms with E-state index >= 15 is 0 Å². The van der Waals surface area contributed by atoms with Gasteiger partial charge in [-0.2, -0.15) is 0 Å². The summed E-state index contributed by atoms with van der Waals surface area (Å²) >= 11 is 0. The van der Waals surface area contributed by atoms with Crippen molar-refractivity contribution >= 4 is 34.1 Å². The molecule has 5 aliphatic rings. The van der Waals surface area contributed by atoms with Crippen LogP contribution in [0.1, 0.15) is 84.2 Å². The van der Waals surface area contributed by atoms with E-state index < -0.39 is 11.2 Å². The number of hydrogen-bond acceptors (Lipinski definition) is 8. The van der Waals surface area contributed by atoms with Gasteiger partial charge in [0.15, 0.2) is 11.6 Å². The number of pyridine rings is 2. The molecule has 1 amide bonds. The molecule has 2 aliphatic carbocycles. The van der Waals surface area contributed by atoms with Gasteiger partial charge in [0, 0.05) is 55.8 Å². The predicted molar refractivity (Wildman–Crippen MR) is 206 cm³/mol. The monoisotopic (exact) mass is 720 g/mol. The molecule has 53 heavy (non-hydrogen) atoms. The van der Waals surface area contributed by atoms with Crippen molar-refractivity contribution in [3.8, 4) is 11.3 Å². The summed E-state index contributed by atoms with van der Waals surface area (Å²) in [6.07, 6.45) is 12.2. The van der Waals surface area contributed by atoms with Gasteiger partial charge in [-0.1, -0.05) is 26.0 Å². The molecule has 1 spiro atoms. The summed E-state index contributed by atoms with van der Waals surface area (Å²) in [5.41, 5.74) is 5.61. The number of hydrogen-bond donors (Lipinski definition) is 1. The van der Waals surface area contributed by atoms with Gasteiger partial charge in [-0.15, -0.1) is 0 Å². The molecule has 1 aromatic carbocycles. The standard InChI is InChI=1S/C42H53FN8O2/c1-26(2)50-25-45-36-21-35(47-39(38(36)50)46-34-8-12-44-22-33(34)43)28-6-7-32-37(18-28)51(30-19-29(20-30)49-15-9-41(3,4)24-49)40(52)42(32)10-13-48(14-11-42)23-27-16-31(17-27)53-5/h6-8,12,18,21-22,25-27,29-31H,9-11,13-17,19-20,23-24H2,1-5H3,(H,44,46,47)/t27?,29-,30+,31?. The minimum absolute atomic E-state index is 0.131. The molecule has 0 unspecified atom stereocenters. The van der Waals surface area contributed by atoms with Crippen LogP contribution in [0, 0.1) is 17.2 Å². The summed E-state index contributed by atoms with van der Waals surface area (Å²) in [5, 5.41) is 3.26. The Labute approximate surface area is 312 Å². The predicted octanol–water partition coefficient (Wildman–Crippen LogP) is 7.33. The third-order valence-corrected chi connectivity index (χ3v) is 13.3. The van der Waals surface area contributed by atoms with Crippen molar-refractivity contribution in [1.29, 1.82) is 0 Å². The molecule has 4 fully saturated rings. The van der Waals surface area contributed by atoms with E-state index in [4.69, 9.17) is 14.7 Å². The summed E-state index contributed by atoms with van der Waals surface area (Å²) in [6.45, 7) is 14.2. The largest absolute Gasteiger partial charge is 0.381 e. The van der Waals surface area contributed by atoms with Gasteiger partial charge in [0.1, 0.15) is 5.52 Å². The Hall–Kier alpha value is -3.93. The molecule has 9 rings (SSSR count). The van der Waals surface area contributed by atoms with Crippen LogP contribution >= 0.6 is 0 Å². The molecular weight excluding hydrogens is 668 g/mol. The molecule has 6 heterocycles. The van der Waals surface area contributed by atoms with Crippen molar-refractivity contribution < 1.29 is 13.9 Å². The van der Waals surface area contributed by atoms with E-state index in [2.05, 4.69) is 75.5 Å². The van der Waals surface area contributed by atoms with Crippen LogP contribution in [0.5, 0.6) is 0 Å². The Morgan fingerprint density at radius 3 is 2.51 bits per heavy atom. The van der Waals surface area contributed by atoms with Crippen LogP contribution in [0.2, 0.25) is 0 Å². The third-order valence-electron chi connectivity index (χ3n) is 13.3. The van der Waals surface area contributed by atoms with E-state index in [0.717, 1.165) is 99.2 Å². The number of benzene rings is 1. The summed E-state index contributed by atoms with van der Waals surface area (Å²) in [4.78, 5) is 36.2. The Kier molecular flexibility index (Phi) is 8.62. The highest BCUT2D eigenvalue weighted by atomic mass is 19.1. The zero-order valence-corrected chi connectivity index (χ0v) is 31.8. The number of fused-ring (bicyclic) bond motifs is 3. The van der Waals surface area contributed by atoms with Crippen LogP contribution in [-0.2, 0) is 14.9 Å². The fraction of sp³-hybridized carbons (Fsp3) is 0.571. The molecule has 2 saturated heterocycles. The maximum absolute atomic E-state index is 15.0. The minimum Gasteiger partial charge on any atom is -0.381 e. The summed E-state index contributed by atoms with van der Waals surface area (Å²) in [7, 11) is 1.82. The number of likely N-dealkylation sites (tertiary alicyclic amines) is 2. The highest BCUT2D eigenvalue weighted by Crippen LogP contribution is 2.52. The number of halogens is 1. The Bertz CT molecular complexity index is 2020. The maximum Gasteiger partial charge on any atom is 0.238 e. The van der Waals surface area contributed by atoms with Crippen LogP contribution in [-0.4, -0.2) is 93.2 Å². The Morgan fingerprint density at radius 1 is 1.02 bits per heavy atom. The van der Waals surface area contributed by atoms with E-state index in [0.29, 0.717) is 35.0 Å². The maximum atomic E-state index is 15.0. The number of carbonyl (C=O) groups excluding carboxylic acids is 1. The number of nitrogens with zero attached hydrogens (tertiary/aromatic N) is 7. The molecular formula is C42H53FN8O2. The SMILES string of the molecule is COC1CC(CN2CCC3(CC2)C(=O)N([C@H]2C[C@@H](N4CCC(C)(C)C4)C2)c2cc(-c4cc5ncn(C(C)C)c5c(Nc5ccncc5F)n4)ccc23)C1. The average Bonchev–Trinajstić information content (AvgIpc) is 3.77. The first kappa shape index (κ1) is 34.8. The smallest absolute Gasteiger partial charge is 0.238 e. The molecule has 0 bridgehead atoms. The van der Waals surface area contributed by atoms with Crippen LogP contribution < -0.4 is 10.2 Å². The first-order chi connectivity index (χ1) is 25.5. The normalized spacial score (nSPS) is 26.7. The van der Waals surface area contributed by atoms with Crippen LogP contribution in [0.4, 0.5) is 21.6 Å². The van der Waals surface area contributed by atoms with Gasteiger partial charge in [0.2, 0.25) is 5.91 Å². The number of ether oxygens (including phenoxy) is 1. The van der Waals surface area contributed by atoms with E-state index in [1.807, 2.05) is 19.5 Å². The van der Waals surface area contributed by atoms with Gasteiger partial charge < -0.3 is 24.4 Å². The highest BCUT2D eigenvalue weighted by molar-refractivity contribution is 6.09. The second-order valence-corrected chi connectivity index (χ2v) is 17.6. The number of nitrogens with one attached hydrogen (secondary N) is 1. The first-order valence-corrected chi connectivity index (χ1v) is 19.7. The number of piperidine rings is 1. The second-order valence-electron chi connectivity index (χ2n) is 17.6. The number of aromatic nitrogens is 4. The molecule has 3 aromatic heterocycles. The Balaban J connectivity index is 1.06. The van der Waals surface area contributed by atoms with Crippen molar-refractivity contribution in [2.75, 3.05) is 50.1 Å². The number of rotatable bonds is 9. The van der Waals surface area contributed by atoms with E-state index in [-0.39, 0.29) is 18.0 Å². The number of carbonyl (C=O) groups is 1. The van der Waals surface area contributed by atoms with Crippen molar-refractivity contribution in [2.45, 2.75) is 102 Å². The topological polar surface area (TPSA) is 91.7 Å². The molecule has 2 saturated carbocycles. The van der Waals surface area contributed by atoms with Gasteiger partial charge in [-0.25, -0.2) is 14.4 Å². The quantitative estimate of drug-likeness (QED) is 0.192. The molecule has 280 valence electrons. The molecule has 10 nitrogen and oxygen atoms in total. The lowest BCUT2D eigenvalue weighted by Gasteiger charge is -2.47. The fourth-order valence-electron chi connectivity index (χ4n) is 9.92. The van der Waals surface area contributed by atoms with Crippen molar-refractivity contribution in [3.05, 3.63) is 60.4 Å². The molecule has 4 aromatic rings. The summed E-state index contributed by atoms with van der Waals surface area (Å²) in [6, 6.07) is 11.0. The molecule has 0 atom stereocenters. The highest BCUT2D eigenvalue weighted by Gasteiger charge is 2.56. The number of amides is 1. The van der Waals surface area contributed by atoms with Crippen molar-refractivity contribution in [2.24, 2.45) is 11.3 Å². The van der Waals surface area contributed by atoms with Gasteiger partial charge in [0.05, 0.1) is 40.9 Å². The second kappa shape index (κ2) is 13.1. The summed E-state index contributed by atoms with van der Waals surface area (Å²) < 4.78 is 22.5. The summed E-state index contributed by atoms with van der Waals surface area (Å²) in [5.74, 6) is 1.06. The van der Waals surface area contributed by atoms with E-state index in [1.54, 1.807) is 12.3 Å². The number of methoxy groups -OCH3 is 1. The lowest BCUT2D eigenvalue weighted by Crippen LogP contribution is -2.57. The fourth-order valence-corrected chi connectivity index (χ4v) is 9.92. The average molecular weight is 721 g/mol. The third kappa shape index (κ3) is 6.03. The molecule has 3 aliphatic heterocycles. The van der Waals surface area contributed by atoms with Gasteiger partial charge in [-0.05, 0) is 114 Å². The van der Waals surface area contributed by atoms with Crippen LogP contribution in [0.25, 0.3) is 22.3 Å². The van der Waals surface area contributed by atoms with Crippen molar-refractivity contribution in [1.82, 2.24) is 29.3 Å². The molecule has 0 radical (unpaired) electrons. The molecule has 11 heteroatoms. The van der Waals surface area contributed by atoms with Crippen LogP contribution in [0.15, 0.2) is 49.1 Å². The molecule has 1 N–H and O–H groups in total. The first-order valence-electron chi connectivity index (χ1n) is 19.7. The van der Waals surface area contributed by atoms with Gasteiger partial charge in [0.25, 0.3) is 0 Å². The van der Waals surface area contributed by atoms with E-state index in [1.165, 1.54) is 18.2 Å². The minimum atomic E-state index is -0.501.